The van der Waals surface area contributed by atoms with Crippen LogP contribution in [0.15, 0.2) is 54.6 Å². The SMILES string of the molecule is CCCCCc1c(C)nn(C(=O)c2ccccc2OCc2ccccc2)c1C. The number of hydrogen-bond acceptors (Lipinski definition) is 3. The van der Waals surface area contributed by atoms with E-state index in [-0.39, 0.29) is 5.91 Å². The number of unbranched alkanes of at least 4 members (excludes halogenated alkanes) is 2. The Bertz CT molecular complexity index is 929. The van der Waals surface area contributed by atoms with Gasteiger partial charge >= 0.3 is 0 Å². The van der Waals surface area contributed by atoms with Crippen LogP contribution in [-0.4, -0.2) is 15.7 Å². The van der Waals surface area contributed by atoms with Gasteiger partial charge in [-0.15, -0.1) is 0 Å². The minimum atomic E-state index is -0.147. The fourth-order valence-corrected chi connectivity index (χ4v) is 3.40. The number of aryl methyl sites for hydroxylation is 1. The zero-order valence-corrected chi connectivity index (χ0v) is 16.9. The molecule has 0 N–H and O–H groups in total. The van der Waals surface area contributed by atoms with Gasteiger partial charge in [-0.1, -0.05) is 62.2 Å². The van der Waals surface area contributed by atoms with Gasteiger partial charge in [-0.2, -0.15) is 5.10 Å². The molecule has 0 saturated heterocycles. The molecule has 1 aromatic heterocycles. The molecule has 146 valence electrons. The molecule has 0 bridgehead atoms. The predicted molar refractivity (Wildman–Crippen MR) is 112 cm³/mol. The minimum absolute atomic E-state index is 0.147. The van der Waals surface area contributed by atoms with Crippen molar-refractivity contribution in [2.24, 2.45) is 0 Å². The first-order chi connectivity index (χ1) is 13.6. The number of benzene rings is 2. The molecule has 0 radical (unpaired) electrons. The molecule has 0 unspecified atom stereocenters. The number of aromatic nitrogens is 2. The van der Waals surface area contributed by atoms with Gasteiger partial charge in [-0.25, -0.2) is 4.68 Å². The fourth-order valence-electron chi connectivity index (χ4n) is 3.40. The van der Waals surface area contributed by atoms with Crippen molar-refractivity contribution in [1.29, 1.82) is 0 Å². The van der Waals surface area contributed by atoms with E-state index in [1.165, 1.54) is 23.1 Å². The zero-order valence-electron chi connectivity index (χ0n) is 16.9. The molecule has 0 atom stereocenters. The van der Waals surface area contributed by atoms with Gasteiger partial charge in [0, 0.05) is 5.69 Å². The van der Waals surface area contributed by atoms with E-state index >= 15 is 0 Å². The lowest BCUT2D eigenvalue weighted by molar-refractivity contribution is 0.0937. The lowest BCUT2D eigenvalue weighted by Gasteiger charge is -2.11. The van der Waals surface area contributed by atoms with Gasteiger partial charge in [-0.05, 0) is 49.9 Å². The van der Waals surface area contributed by atoms with Crippen LogP contribution in [0.4, 0.5) is 0 Å². The lowest BCUT2D eigenvalue weighted by atomic mass is 10.1. The van der Waals surface area contributed by atoms with Crippen LogP contribution in [0.3, 0.4) is 0 Å². The van der Waals surface area contributed by atoms with Crippen LogP contribution in [0.1, 0.15) is 59.1 Å². The van der Waals surface area contributed by atoms with Crippen molar-refractivity contribution in [2.75, 3.05) is 0 Å². The Morgan fingerprint density at radius 3 is 2.46 bits per heavy atom. The Hall–Kier alpha value is -2.88. The van der Waals surface area contributed by atoms with Gasteiger partial charge in [0.25, 0.3) is 5.91 Å². The maximum atomic E-state index is 13.2. The third-order valence-corrected chi connectivity index (χ3v) is 5.02. The van der Waals surface area contributed by atoms with Crippen molar-refractivity contribution in [1.82, 2.24) is 9.78 Å². The molecule has 0 fully saturated rings. The van der Waals surface area contributed by atoms with Gasteiger partial charge in [0.1, 0.15) is 12.4 Å². The first-order valence-electron chi connectivity index (χ1n) is 9.97. The van der Waals surface area contributed by atoms with E-state index in [1.54, 1.807) is 6.07 Å². The smallest absolute Gasteiger partial charge is 0.282 e. The highest BCUT2D eigenvalue weighted by Gasteiger charge is 2.20. The van der Waals surface area contributed by atoms with Crippen LogP contribution in [0.25, 0.3) is 0 Å². The number of carbonyl (C=O) groups is 1. The summed E-state index contributed by atoms with van der Waals surface area (Å²) < 4.78 is 7.49. The number of hydrogen-bond donors (Lipinski definition) is 0. The molecule has 0 amide bonds. The number of ether oxygens (including phenoxy) is 1. The third-order valence-electron chi connectivity index (χ3n) is 5.02. The molecule has 0 aliphatic carbocycles. The second kappa shape index (κ2) is 9.36. The first kappa shape index (κ1) is 19.9. The molecule has 0 aliphatic heterocycles. The van der Waals surface area contributed by atoms with Crippen molar-refractivity contribution < 1.29 is 9.53 Å². The summed E-state index contributed by atoms with van der Waals surface area (Å²) in [5.41, 5.74) is 4.64. The Kier molecular flexibility index (Phi) is 6.64. The fraction of sp³-hybridized carbons (Fsp3) is 0.333. The number of para-hydroxylation sites is 1. The molecular weight excluding hydrogens is 348 g/mol. The van der Waals surface area contributed by atoms with E-state index in [0.29, 0.717) is 17.9 Å². The molecule has 0 spiro atoms. The molecule has 3 rings (SSSR count). The average Bonchev–Trinajstić information content (AvgIpc) is 3.01. The summed E-state index contributed by atoms with van der Waals surface area (Å²) in [6.45, 7) is 6.58. The number of nitrogens with zero attached hydrogens (tertiary/aromatic N) is 2. The molecular formula is C24H28N2O2. The second-order valence-electron chi connectivity index (χ2n) is 7.09. The van der Waals surface area contributed by atoms with E-state index in [0.717, 1.165) is 29.8 Å². The van der Waals surface area contributed by atoms with Crippen molar-refractivity contribution in [3.8, 4) is 5.75 Å². The molecule has 3 aromatic rings. The molecule has 4 nitrogen and oxygen atoms in total. The quantitative estimate of drug-likeness (QED) is 0.488. The van der Waals surface area contributed by atoms with Crippen LogP contribution >= 0.6 is 0 Å². The Balaban J connectivity index is 1.82. The van der Waals surface area contributed by atoms with E-state index in [4.69, 9.17) is 4.74 Å². The monoisotopic (exact) mass is 376 g/mol. The molecule has 0 saturated carbocycles. The molecule has 0 aliphatic rings. The maximum absolute atomic E-state index is 13.2. The number of rotatable bonds is 8. The molecule has 4 heteroatoms. The summed E-state index contributed by atoms with van der Waals surface area (Å²) in [6, 6.07) is 17.3. The van der Waals surface area contributed by atoms with Crippen molar-refractivity contribution in [2.45, 2.75) is 53.1 Å². The summed E-state index contributed by atoms with van der Waals surface area (Å²) >= 11 is 0. The second-order valence-corrected chi connectivity index (χ2v) is 7.09. The highest BCUT2D eigenvalue weighted by atomic mass is 16.5. The maximum Gasteiger partial charge on any atom is 0.282 e. The minimum Gasteiger partial charge on any atom is -0.488 e. The van der Waals surface area contributed by atoms with Gasteiger partial charge in [0.15, 0.2) is 0 Å². The van der Waals surface area contributed by atoms with Crippen LogP contribution in [0.5, 0.6) is 5.75 Å². The van der Waals surface area contributed by atoms with E-state index in [2.05, 4.69) is 12.0 Å². The normalized spacial score (nSPS) is 10.8. The topological polar surface area (TPSA) is 44.1 Å². The van der Waals surface area contributed by atoms with E-state index in [9.17, 15) is 4.79 Å². The summed E-state index contributed by atoms with van der Waals surface area (Å²) in [5.74, 6) is 0.433. The van der Waals surface area contributed by atoms with Crippen LogP contribution in [0.2, 0.25) is 0 Å². The highest BCUT2D eigenvalue weighted by Crippen LogP contribution is 2.23. The predicted octanol–water partition coefficient (Wildman–Crippen LogP) is 5.50. The van der Waals surface area contributed by atoms with Gasteiger partial charge in [0.2, 0.25) is 0 Å². The lowest BCUT2D eigenvalue weighted by Crippen LogP contribution is -2.17. The summed E-state index contributed by atoms with van der Waals surface area (Å²) in [6.07, 6.45) is 4.45. The molecule has 2 aromatic carbocycles. The molecule has 1 heterocycles. The highest BCUT2D eigenvalue weighted by molar-refractivity contribution is 5.98. The van der Waals surface area contributed by atoms with Gasteiger partial charge in [-0.3, -0.25) is 4.79 Å². The average molecular weight is 377 g/mol. The molecule has 28 heavy (non-hydrogen) atoms. The third kappa shape index (κ3) is 4.50. The van der Waals surface area contributed by atoms with Gasteiger partial charge in [0.05, 0.1) is 11.3 Å². The first-order valence-corrected chi connectivity index (χ1v) is 9.97. The number of carbonyl (C=O) groups excluding carboxylic acids is 1. The van der Waals surface area contributed by atoms with E-state index < -0.39 is 0 Å². The van der Waals surface area contributed by atoms with Gasteiger partial charge < -0.3 is 4.74 Å². The van der Waals surface area contributed by atoms with Crippen LogP contribution in [0, 0.1) is 13.8 Å². The summed E-state index contributed by atoms with van der Waals surface area (Å²) in [7, 11) is 0. The standard InChI is InChI=1S/C24H28N2O2/c1-4-5-7-14-21-18(2)25-26(19(21)3)24(27)22-15-10-11-16-23(22)28-17-20-12-8-6-9-13-20/h6,8-13,15-16H,4-5,7,14,17H2,1-3H3. The van der Waals surface area contributed by atoms with Crippen LogP contribution < -0.4 is 4.74 Å². The van der Waals surface area contributed by atoms with E-state index in [1.807, 2.05) is 62.4 Å². The Morgan fingerprint density at radius 2 is 1.71 bits per heavy atom. The Morgan fingerprint density at radius 1 is 1.00 bits per heavy atom. The van der Waals surface area contributed by atoms with Crippen molar-refractivity contribution in [3.05, 3.63) is 82.7 Å². The van der Waals surface area contributed by atoms with Crippen molar-refractivity contribution in [3.63, 3.8) is 0 Å². The summed E-state index contributed by atoms with van der Waals surface area (Å²) in [4.78, 5) is 13.2. The van der Waals surface area contributed by atoms with Crippen molar-refractivity contribution >= 4 is 5.91 Å². The van der Waals surface area contributed by atoms with Crippen LogP contribution in [-0.2, 0) is 13.0 Å². The Labute approximate surface area is 167 Å². The zero-order chi connectivity index (χ0) is 19.9. The summed E-state index contributed by atoms with van der Waals surface area (Å²) in [5, 5.41) is 4.54. The largest absolute Gasteiger partial charge is 0.488 e.